The predicted molar refractivity (Wildman–Crippen MR) is 51.7 cm³/mol. The van der Waals surface area contributed by atoms with Gasteiger partial charge in [-0.1, -0.05) is 40.5 Å². The van der Waals surface area contributed by atoms with Gasteiger partial charge in [-0.2, -0.15) is 0 Å². The molecule has 0 saturated carbocycles. The average Bonchev–Trinajstić information content (AvgIpc) is 2.52. The first-order valence-electron chi connectivity index (χ1n) is 3.95. The molecule has 0 N–H and O–H groups in total. The van der Waals surface area contributed by atoms with E-state index in [9.17, 15) is 0 Å². The molecule has 0 amide bonds. The second-order valence-corrected chi connectivity index (χ2v) is 3.27. The summed E-state index contributed by atoms with van der Waals surface area (Å²) in [6, 6.07) is 9.69. The van der Waals surface area contributed by atoms with E-state index in [1.165, 1.54) is 5.56 Å². The summed E-state index contributed by atoms with van der Waals surface area (Å²) >= 11 is 5.65. The number of hydrogen-bond acceptors (Lipinski definition) is 2. The number of nitrogens with zero attached hydrogens (tertiary/aromatic N) is 1. The smallest absolute Gasteiger partial charge is 0.172 e. The Balaban J connectivity index is 2.46. The zero-order valence-corrected chi connectivity index (χ0v) is 7.88. The first-order valence-corrected chi connectivity index (χ1v) is 4.33. The molecule has 0 aliphatic rings. The molecule has 1 aromatic heterocycles. The Morgan fingerprint density at radius 1 is 1.31 bits per heavy atom. The highest BCUT2D eigenvalue weighted by Crippen LogP contribution is 2.22. The third-order valence-corrected chi connectivity index (χ3v) is 1.96. The minimum atomic E-state index is 0.386. The van der Waals surface area contributed by atoms with Crippen LogP contribution >= 0.6 is 11.6 Å². The molecule has 0 atom stereocenters. The van der Waals surface area contributed by atoms with Gasteiger partial charge in [-0.3, -0.25) is 0 Å². The zero-order valence-electron chi connectivity index (χ0n) is 7.12. The molecule has 0 aliphatic carbocycles. The average molecular weight is 194 g/mol. The summed E-state index contributed by atoms with van der Waals surface area (Å²) in [4.78, 5) is 0. The molecule has 0 fully saturated rings. The fourth-order valence-corrected chi connectivity index (χ4v) is 1.32. The van der Waals surface area contributed by atoms with Crippen molar-refractivity contribution in [3.05, 3.63) is 41.0 Å². The van der Waals surface area contributed by atoms with Crippen LogP contribution in [0.3, 0.4) is 0 Å². The molecule has 66 valence electrons. The van der Waals surface area contributed by atoms with Gasteiger partial charge in [-0.25, -0.2) is 0 Å². The molecule has 2 rings (SSSR count). The molecule has 2 nitrogen and oxygen atoms in total. The van der Waals surface area contributed by atoms with Crippen molar-refractivity contribution in [2.75, 3.05) is 0 Å². The maximum Gasteiger partial charge on any atom is 0.172 e. The molecule has 0 saturated heterocycles. The number of benzene rings is 1. The molecular weight excluding hydrogens is 186 g/mol. The summed E-state index contributed by atoms with van der Waals surface area (Å²) in [6.07, 6.45) is 0. The van der Waals surface area contributed by atoms with Crippen LogP contribution in [-0.4, -0.2) is 5.16 Å². The second kappa shape index (κ2) is 3.23. The first kappa shape index (κ1) is 8.32. The van der Waals surface area contributed by atoms with Gasteiger partial charge in [-0.05, 0) is 13.0 Å². The third kappa shape index (κ3) is 1.73. The largest absolute Gasteiger partial charge is 0.355 e. The van der Waals surface area contributed by atoms with Gasteiger partial charge in [-0.15, -0.1) is 0 Å². The van der Waals surface area contributed by atoms with Crippen molar-refractivity contribution in [1.29, 1.82) is 0 Å². The number of rotatable bonds is 1. The minimum absolute atomic E-state index is 0.386. The molecule has 13 heavy (non-hydrogen) atoms. The summed E-state index contributed by atoms with van der Waals surface area (Å²) in [5, 5.41) is 4.00. The van der Waals surface area contributed by atoms with E-state index in [1.807, 2.05) is 31.2 Å². The van der Waals surface area contributed by atoms with Crippen molar-refractivity contribution in [3.8, 4) is 11.3 Å². The summed E-state index contributed by atoms with van der Waals surface area (Å²) in [5.41, 5.74) is 2.18. The Bertz CT molecular complexity index is 422. The standard InChI is InChI=1S/C10H8ClNO/c1-7-3-2-4-8(5-7)9-6-10(11)12-13-9/h2-6H,1H3. The fraction of sp³-hybridized carbons (Fsp3) is 0.100. The molecular formula is C10H8ClNO. The Hall–Kier alpha value is -1.28. The van der Waals surface area contributed by atoms with Crippen LogP contribution in [0, 0.1) is 6.92 Å². The lowest BCUT2D eigenvalue weighted by atomic mass is 10.1. The molecule has 0 radical (unpaired) electrons. The van der Waals surface area contributed by atoms with Gasteiger partial charge < -0.3 is 4.52 Å². The van der Waals surface area contributed by atoms with Gasteiger partial charge in [0.25, 0.3) is 0 Å². The highest BCUT2D eigenvalue weighted by Gasteiger charge is 2.04. The number of aromatic nitrogens is 1. The lowest BCUT2D eigenvalue weighted by Crippen LogP contribution is -1.75. The molecule has 3 heteroatoms. The zero-order chi connectivity index (χ0) is 9.26. The molecule has 2 aromatic rings. The topological polar surface area (TPSA) is 26.0 Å². The van der Waals surface area contributed by atoms with Crippen LogP contribution < -0.4 is 0 Å². The molecule has 1 aromatic carbocycles. The quantitative estimate of drug-likeness (QED) is 0.695. The maximum atomic E-state index is 5.65. The van der Waals surface area contributed by atoms with E-state index in [4.69, 9.17) is 16.1 Å². The van der Waals surface area contributed by atoms with E-state index in [2.05, 4.69) is 5.16 Å². The Labute approximate surface area is 81.1 Å². The van der Waals surface area contributed by atoms with Gasteiger partial charge in [0.2, 0.25) is 0 Å². The van der Waals surface area contributed by atoms with E-state index < -0.39 is 0 Å². The van der Waals surface area contributed by atoms with Crippen molar-refractivity contribution in [2.45, 2.75) is 6.92 Å². The SMILES string of the molecule is Cc1cccc(-c2cc(Cl)no2)c1. The van der Waals surface area contributed by atoms with Crippen LogP contribution in [0.5, 0.6) is 0 Å². The van der Waals surface area contributed by atoms with Gasteiger partial charge >= 0.3 is 0 Å². The molecule has 0 spiro atoms. The van der Waals surface area contributed by atoms with E-state index in [0.717, 1.165) is 5.56 Å². The Morgan fingerprint density at radius 2 is 2.15 bits per heavy atom. The Kier molecular flexibility index (Phi) is 2.07. The minimum Gasteiger partial charge on any atom is -0.355 e. The van der Waals surface area contributed by atoms with Crippen LogP contribution in [0.1, 0.15) is 5.56 Å². The van der Waals surface area contributed by atoms with Crippen LogP contribution in [0.15, 0.2) is 34.9 Å². The van der Waals surface area contributed by atoms with Gasteiger partial charge in [0, 0.05) is 11.6 Å². The fourth-order valence-electron chi connectivity index (χ4n) is 1.19. The van der Waals surface area contributed by atoms with E-state index >= 15 is 0 Å². The van der Waals surface area contributed by atoms with Crippen molar-refractivity contribution in [2.24, 2.45) is 0 Å². The number of halogens is 1. The lowest BCUT2D eigenvalue weighted by molar-refractivity contribution is 0.432. The monoisotopic (exact) mass is 193 g/mol. The summed E-state index contributed by atoms with van der Waals surface area (Å²) in [7, 11) is 0. The van der Waals surface area contributed by atoms with Crippen molar-refractivity contribution in [3.63, 3.8) is 0 Å². The van der Waals surface area contributed by atoms with Crippen LogP contribution in [0.2, 0.25) is 5.15 Å². The maximum absolute atomic E-state index is 5.65. The van der Waals surface area contributed by atoms with Crippen LogP contribution in [-0.2, 0) is 0 Å². The van der Waals surface area contributed by atoms with E-state index in [0.29, 0.717) is 10.9 Å². The summed E-state index contributed by atoms with van der Waals surface area (Å²) in [5.74, 6) is 0.703. The third-order valence-electron chi connectivity index (χ3n) is 1.78. The molecule has 0 bridgehead atoms. The number of hydrogen-bond donors (Lipinski definition) is 0. The second-order valence-electron chi connectivity index (χ2n) is 2.88. The lowest BCUT2D eigenvalue weighted by Gasteiger charge is -1.95. The van der Waals surface area contributed by atoms with Crippen molar-refractivity contribution < 1.29 is 4.52 Å². The Morgan fingerprint density at radius 3 is 2.77 bits per heavy atom. The highest BCUT2D eigenvalue weighted by molar-refractivity contribution is 6.29. The van der Waals surface area contributed by atoms with Crippen molar-refractivity contribution >= 4 is 11.6 Å². The highest BCUT2D eigenvalue weighted by atomic mass is 35.5. The molecule has 1 heterocycles. The predicted octanol–water partition coefficient (Wildman–Crippen LogP) is 3.30. The van der Waals surface area contributed by atoms with Gasteiger partial charge in [0.15, 0.2) is 10.9 Å². The number of aryl methyl sites for hydroxylation is 1. The van der Waals surface area contributed by atoms with Gasteiger partial charge in [0.1, 0.15) is 0 Å². The molecule has 0 unspecified atom stereocenters. The first-order chi connectivity index (χ1) is 6.25. The van der Waals surface area contributed by atoms with Gasteiger partial charge in [0.05, 0.1) is 0 Å². The van der Waals surface area contributed by atoms with Crippen LogP contribution in [0.4, 0.5) is 0 Å². The van der Waals surface area contributed by atoms with E-state index in [-0.39, 0.29) is 0 Å². The van der Waals surface area contributed by atoms with Crippen molar-refractivity contribution in [1.82, 2.24) is 5.16 Å². The summed E-state index contributed by atoms with van der Waals surface area (Å²) in [6.45, 7) is 2.03. The normalized spacial score (nSPS) is 10.3. The van der Waals surface area contributed by atoms with Crippen LogP contribution in [0.25, 0.3) is 11.3 Å². The summed E-state index contributed by atoms with van der Waals surface area (Å²) < 4.78 is 5.02. The van der Waals surface area contributed by atoms with E-state index in [1.54, 1.807) is 6.07 Å². The molecule has 0 aliphatic heterocycles.